The summed E-state index contributed by atoms with van der Waals surface area (Å²) in [4.78, 5) is 28.5. The van der Waals surface area contributed by atoms with Gasteiger partial charge < -0.3 is 14.8 Å². The third-order valence-corrected chi connectivity index (χ3v) is 5.51. The number of carbonyl (C=O) groups excluding carboxylic acids is 2. The lowest BCUT2D eigenvalue weighted by atomic mass is 9.93. The average molecular weight is 424 g/mol. The standard InChI is InChI=1S/C26H20N2O4/c29-22(9-6-17-4-2-1-3-5-17)19-14-18-15-20(7-10-23(18)31-16-19)32-24-12-13-27-26-21(24)8-11-25(30)28-26/h1-5,7,10,12-13,15,19H,8,11,14,16H2,(H,27,28,30). The van der Waals surface area contributed by atoms with E-state index in [9.17, 15) is 9.59 Å². The van der Waals surface area contributed by atoms with Crippen LogP contribution in [0.5, 0.6) is 17.2 Å². The third-order valence-electron chi connectivity index (χ3n) is 5.51. The van der Waals surface area contributed by atoms with Crippen molar-refractivity contribution in [2.75, 3.05) is 11.9 Å². The van der Waals surface area contributed by atoms with E-state index >= 15 is 0 Å². The fourth-order valence-electron chi connectivity index (χ4n) is 3.84. The molecule has 6 heteroatoms. The van der Waals surface area contributed by atoms with Gasteiger partial charge in [-0.2, -0.15) is 0 Å². The number of aromatic nitrogens is 1. The molecule has 1 atom stereocenters. The predicted molar refractivity (Wildman–Crippen MR) is 119 cm³/mol. The Balaban J connectivity index is 1.33. The average Bonchev–Trinajstić information content (AvgIpc) is 2.82. The lowest BCUT2D eigenvalue weighted by Gasteiger charge is -2.24. The number of benzene rings is 2. The molecule has 158 valence electrons. The van der Waals surface area contributed by atoms with Crippen molar-refractivity contribution in [1.82, 2.24) is 4.98 Å². The van der Waals surface area contributed by atoms with Gasteiger partial charge in [0, 0.05) is 23.7 Å². The monoisotopic (exact) mass is 424 g/mol. The minimum Gasteiger partial charge on any atom is -0.492 e. The number of nitrogens with one attached hydrogen (secondary N) is 1. The summed E-state index contributed by atoms with van der Waals surface area (Å²) in [6.45, 7) is 0.313. The Kier molecular flexibility index (Phi) is 5.30. The van der Waals surface area contributed by atoms with E-state index in [-0.39, 0.29) is 17.6 Å². The van der Waals surface area contributed by atoms with Crippen LogP contribution in [0.15, 0.2) is 60.8 Å². The Bertz CT molecular complexity index is 1260. The van der Waals surface area contributed by atoms with Crippen molar-refractivity contribution in [2.24, 2.45) is 5.92 Å². The van der Waals surface area contributed by atoms with Crippen LogP contribution < -0.4 is 14.8 Å². The van der Waals surface area contributed by atoms with Crippen LogP contribution in [0.3, 0.4) is 0 Å². The molecule has 32 heavy (non-hydrogen) atoms. The van der Waals surface area contributed by atoms with E-state index in [0.29, 0.717) is 43.2 Å². The maximum Gasteiger partial charge on any atom is 0.225 e. The minimum absolute atomic E-state index is 0.0425. The molecule has 5 rings (SSSR count). The number of anilines is 1. The second-order valence-electron chi connectivity index (χ2n) is 7.75. The Morgan fingerprint density at radius 2 is 2.00 bits per heavy atom. The number of ketones is 1. The van der Waals surface area contributed by atoms with Crippen molar-refractivity contribution in [1.29, 1.82) is 0 Å². The van der Waals surface area contributed by atoms with Gasteiger partial charge in [-0.1, -0.05) is 24.1 Å². The van der Waals surface area contributed by atoms with Crippen molar-refractivity contribution in [3.8, 4) is 29.1 Å². The lowest BCUT2D eigenvalue weighted by Crippen LogP contribution is -2.27. The van der Waals surface area contributed by atoms with E-state index in [1.54, 1.807) is 12.3 Å². The second-order valence-corrected chi connectivity index (χ2v) is 7.75. The van der Waals surface area contributed by atoms with Crippen LogP contribution in [0, 0.1) is 17.8 Å². The number of fused-ring (bicyclic) bond motifs is 2. The van der Waals surface area contributed by atoms with Gasteiger partial charge >= 0.3 is 0 Å². The molecular formula is C26H20N2O4. The van der Waals surface area contributed by atoms with Gasteiger partial charge in [-0.3, -0.25) is 9.59 Å². The van der Waals surface area contributed by atoms with Crippen LogP contribution in [-0.4, -0.2) is 23.3 Å². The van der Waals surface area contributed by atoms with Crippen molar-refractivity contribution in [3.05, 3.63) is 77.5 Å². The molecule has 0 bridgehead atoms. The van der Waals surface area contributed by atoms with Crippen LogP contribution in [0.2, 0.25) is 0 Å². The summed E-state index contributed by atoms with van der Waals surface area (Å²) >= 11 is 0. The molecule has 2 aliphatic heterocycles. The van der Waals surface area contributed by atoms with Gasteiger partial charge in [0.25, 0.3) is 0 Å². The number of hydrogen-bond donors (Lipinski definition) is 1. The summed E-state index contributed by atoms with van der Waals surface area (Å²) < 4.78 is 11.9. The molecule has 1 amide bonds. The van der Waals surface area contributed by atoms with Gasteiger partial charge in [0.15, 0.2) is 0 Å². The van der Waals surface area contributed by atoms with Crippen molar-refractivity contribution < 1.29 is 19.1 Å². The summed E-state index contributed by atoms with van der Waals surface area (Å²) in [7, 11) is 0. The highest BCUT2D eigenvalue weighted by Crippen LogP contribution is 2.36. The van der Waals surface area contributed by atoms with Crippen LogP contribution in [0.25, 0.3) is 0 Å². The number of hydrogen-bond acceptors (Lipinski definition) is 5. The largest absolute Gasteiger partial charge is 0.492 e. The van der Waals surface area contributed by atoms with E-state index in [4.69, 9.17) is 9.47 Å². The van der Waals surface area contributed by atoms with Crippen molar-refractivity contribution in [3.63, 3.8) is 0 Å². The summed E-state index contributed by atoms with van der Waals surface area (Å²) in [5.41, 5.74) is 2.60. The first kappa shape index (κ1) is 19.8. The first-order valence-electron chi connectivity index (χ1n) is 10.5. The maximum absolute atomic E-state index is 12.6. The van der Waals surface area contributed by atoms with Gasteiger partial charge in [0.05, 0.1) is 12.5 Å². The Labute approximate surface area is 185 Å². The van der Waals surface area contributed by atoms with Crippen LogP contribution in [-0.2, 0) is 22.4 Å². The normalized spacial score (nSPS) is 16.4. The summed E-state index contributed by atoms with van der Waals surface area (Å²) in [6, 6.07) is 16.8. The maximum atomic E-state index is 12.6. The van der Waals surface area contributed by atoms with Gasteiger partial charge in [-0.25, -0.2) is 4.98 Å². The molecule has 0 spiro atoms. The molecule has 1 N–H and O–H groups in total. The van der Waals surface area contributed by atoms with E-state index < -0.39 is 0 Å². The molecular weight excluding hydrogens is 404 g/mol. The number of rotatable bonds is 3. The number of amides is 1. The highest BCUT2D eigenvalue weighted by Gasteiger charge is 2.26. The smallest absolute Gasteiger partial charge is 0.225 e. The Morgan fingerprint density at radius 3 is 2.88 bits per heavy atom. The van der Waals surface area contributed by atoms with E-state index in [1.165, 1.54) is 0 Å². The van der Waals surface area contributed by atoms with Gasteiger partial charge in [-0.15, -0.1) is 0 Å². The molecule has 0 radical (unpaired) electrons. The first-order valence-corrected chi connectivity index (χ1v) is 10.5. The minimum atomic E-state index is -0.321. The Morgan fingerprint density at radius 1 is 1.12 bits per heavy atom. The lowest BCUT2D eigenvalue weighted by molar-refractivity contribution is -0.118. The number of nitrogens with zero attached hydrogens (tertiary/aromatic N) is 1. The van der Waals surface area contributed by atoms with Gasteiger partial charge in [0.1, 0.15) is 23.1 Å². The summed E-state index contributed by atoms with van der Waals surface area (Å²) in [5.74, 6) is 7.77. The van der Waals surface area contributed by atoms with Crippen LogP contribution in [0.1, 0.15) is 23.1 Å². The SMILES string of the molecule is O=C1CCc2c(Oc3ccc4c(c3)CC(C(=O)C#Cc3ccccc3)CO4)ccnc2N1. The zero-order valence-corrected chi connectivity index (χ0v) is 17.3. The topological polar surface area (TPSA) is 77.5 Å². The fraction of sp³-hybridized carbons (Fsp3) is 0.192. The number of carbonyl (C=O) groups is 2. The van der Waals surface area contributed by atoms with Gasteiger partial charge in [-0.05, 0) is 60.7 Å². The van der Waals surface area contributed by atoms with Crippen LogP contribution >= 0.6 is 0 Å². The number of ether oxygens (including phenoxy) is 2. The first-order chi connectivity index (χ1) is 15.7. The highest BCUT2D eigenvalue weighted by molar-refractivity contribution is 5.98. The van der Waals surface area contributed by atoms with Crippen LogP contribution in [0.4, 0.5) is 5.82 Å². The number of Topliss-reactive ketones (excluding diaryl/α,β-unsaturated/α-hetero) is 1. The molecule has 3 aromatic rings. The van der Waals surface area contributed by atoms with Crippen molar-refractivity contribution in [2.45, 2.75) is 19.3 Å². The van der Waals surface area contributed by atoms with E-state index in [0.717, 1.165) is 22.4 Å². The molecule has 0 fully saturated rings. The molecule has 6 nitrogen and oxygen atoms in total. The van der Waals surface area contributed by atoms with Gasteiger partial charge in [0.2, 0.25) is 11.7 Å². The third kappa shape index (κ3) is 4.19. The van der Waals surface area contributed by atoms with Crippen molar-refractivity contribution >= 4 is 17.5 Å². The zero-order valence-electron chi connectivity index (χ0n) is 17.3. The summed E-state index contributed by atoms with van der Waals surface area (Å²) in [5, 5.41) is 2.78. The molecule has 0 saturated carbocycles. The molecule has 2 aromatic carbocycles. The zero-order chi connectivity index (χ0) is 21.9. The second kappa shape index (κ2) is 8.56. The Hall–Kier alpha value is -4.11. The highest BCUT2D eigenvalue weighted by atomic mass is 16.5. The predicted octanol–water partition coefficient (Wildman–Crippen LogP) is 3.93. The van der Waals surface area contributed by atoms with E-state index in [1.807, 2.05) is 48.5 Å². The molecule has 1 aromatic heterocycles. The molecule has 2 aliphatic rings. The fourth-order valence-corrected chi connectivity index (χ4v) is 3.84. The summed E-state index contributed by atoms with van der Waals surface area (Å²) in [6.07, 6.45) is 3.14. The molecule has 1 unspecified atom stereocenters. The van der Waals surface area contributed by atoms with E-state index in [2.05, 4.69) is 22.1 Å². The molecule has 3 heterocycles. The molecule has 0 aliphatic carbocycles. The quantitative estimate of drug-likeness (QED) is 0.645. The molecule has 0 saturated heterocycles. The number of pyridine rings is 1.